The molecule has 0 aliphatic heterocycles. The summed E-state index contributed by atoms with van der Waals surface area (Å²) in [6, 6.07) is -0.547. The molecule has 114 valence electrons. The maximum absolute atomic E-state index is 12.2. The molecule has 1 unspecified atom stereocenters. The number of ether oxygens (including phenoxy) is 1. The minimum atomic E-state index is -1.28. The van der Waals surface area contributed by atoms with Gasteiger partial charge >= 0.3 is 18.0 Å². The number of nitrogens with one attached hydrogen (secondary N) is 1. The third-order valence-electron chi connectivity index (χ3n) is 3.53. The predicted octanol–water partition coefficient (Wildman–Crippen LogP) is 0.834. The number of carbonyl (C=O) groups is 3. The van der Waals surface area contributed by atoms with Crippen molar-refractivity contribution >= 4 is 18.0 Å². The second kappa shape index (κ2) is 6.58. The van der Waals surface area contributed by atoms with Crippen LogP contribution in [0, 0.1) is 5.92 Å². The van der Waals surface area contributed by atoms with Crippen molar-refractivity contribution in [3.8, 4) is 0 Å². The second-order valence-electron chi connectivity index (χ2n) is 5.21. The Hall–Kier alpha value is -1.79. The second-order valence-corrected chi connectivity index (χ2v) is 5.21. The number of hydrogen-bond acceptors (Lipinski definition) is 4. The maximum Gasteiger partial charge on any atom is 0.329 e. The minimum Gasteiger partial charge on any atom is -0.480 e. The summed E-state index contributed by atoms with van der Waals surface area (Å²) in [5.41, 5.74) is -1.28. The number of nitrogens with zero attached hydrogens (tertiary/aromatic N) is 1. The molecule has 2 amide bonds. The van der Waals surface area contributed by atoms with Crippen LogP contribution in [0.25, 0.3) is 0 Å². The number of amides is 2. The van der Waals surface area contributed by atoms with Gasteiger partial charge in [-0.05, 0) is 32.1 Å². The molecule has 0 spiro atoms. The molecule has 1 fully saturated rings. The van der Waals surface area contributed by atoms with Crippen LogP contribution >= 0.6 is 0 Å². The Bertz CT molecular complexity index is 394. The maximum atomic E-state index is 12.2. The van der Waals surface area contributed by atoms with E-state index in [0.717, 1.165) is 12.8 Å². The fourth-order valence-electron chi connectivity index (χ4n) is 2.03. The summed E-state index contributed by atoms with van der Waals surface area (Å²) < 4.78 is 4.54. The number of carboxylic acid groups (broad SMARTS) is 1. The minimum absolute atomic E-state index is 0.0504. The summed E-state index contributed by atoms with van der Waals surface area (Å²) in [5, 5.41) is 11.9. The quantitative estimate of drug-likeness (QED) is 0.676. The van der Waals surface area contributed by atoms with Gasteiger partial charge in [-0.15, -0.1) is 0 Å². The van der Waals surface area contributed by atoms with Gasteiger partial charge in [0.05, 0.1) is 7.11 Å². The van der Waals surface area contributed by atoms with Crippen LogP contribution in [0.2, 0.25) is 0 Å². The zero-order chi connectivity index (χ0) is 15.3. The molecule has 1 aliphatic carbocycles. The number of urea groups is 1. The monoisotopic (exact) mass is 286 g/mol. The average molecular weight is 286 g/mol. The Labute approximate surface area is 118 Å². The van der Waals surface area contributed by atoms with E-state index < -0.39 is 23.5 Å². The third kappa shape index (κ3) is 3.85. The highest BCUT2D eigenvalue weighted by Gasteiger charge is 2.49. The molecule has 0 aromatic rings. The van der Waals surface area contributed by atoms with Crippen molar-refractivity contribution in [2.45, 2.75) is 38.6 Å². The number of carbonyl (C=O) groups excluding carboxylic acids is 2. The molecule has 20 heavy (non-hydrogen) atoms. The first-order valence-electron chi connectivity index (χ1n) is 6.72. The van der Waals surface area contributed by atoms with Gasteiger partial charge in [0.1, 0.15) is 12.1 Å². The zero-order valence-corrected chi connectivity index (χ0v) is 12.1. The van der Waals surface area contributed by atoms with Gasteiger partial charge in [-0.3, -0.25) is 4.79 Å². The zero-order valence-electron chi connectivity index (χ0n) is 12.1. The van der Waals surface area contributed by atoms with Gasteiger partial charge in [-0.1, -0.05) is 6.92 Å². The number of esters is 1. The smallest absolute Gasteiger partial charge is 0.329 e. The SMILES string of the molecule is CCCN(CC(=O)OC)C(=O)NC(C)(C(=O)O)C1CC1. The van der Waals surface area contributed by atoms with E-state index in [9.17, 15) is 19.5 Å². The van der Waals surface area contributed by atoms with E-state index in [1.54, 1.807) is 0 Å². The fourth-order valence-corrected chi connectivity index (χ4v) is 2.03. The highest BCUT2D eigenvalue weighted by molar-refractivity contribution is 5.88. The van der Waals surface area contributed by atoms with E-state index in [4.69, 9.17) is 0 Å². The Morgan fingerprint density at radius 1 is 1.40 bits per heavy atom. The van der Waals surface area contributed by atoms with E-state index in [2.05, 4.69) is 10.1 Å². The van der Waals surface area contributed by atoms with Gasteiger partial charge in [0, 0.05) is 6.54 Å². The largest absolute Gasteiger partial charge is 0.480 e. The third-order valence-corrected chi connectivity index (χ3v) is 3.53. The van der Waals surface area contributed by atoms with Crippen molar-refractivity contribution in [3.05, 3.63) is 0 Å². The van der Waals surface area contributed by atoms with Crippen LogP contribution < -0.4 is 5.32 Å². The molecule has 1 atom stereocenters. The molecule has 0 saturated heterocycles. The molecule has 0 aromatic carbocycles. The summed E-state index contributed by atoms with van der Waals surface area (Å²) in [6.45, 7) is 3.56. The molecular formula is C13H22N2O5. The van der Waals surface area contributed by atoms with Gasteiger partial charge in [0.25, 0.3) is 0 Å². The van der Waals surface area contributed by atoms with Crippen molar-refractivity contribution in [1.29, 1.82) is 0 Å². The molecular weight excluding hydrogens is 264 g/mol. The average Bonchev–Trinajstić information content (AvgIpc) is 3.22. The molecule has 0 radical (unpaired) electrons. The van der Waals surface area contributed by atoms with E-state index in [0.29, 0.717) is 13.0 Å². The molecule has 7 nitrogen and oxygen atoms in total. The van der Waals surface area contributed by atoms with E-state index in [1.165, 1.54) is 18.9 Å². The molecule has 2 N–H and O–H groups in total. The molecule has 0 aromatic heterocycles. The Kier molecular flexibility index (Phi) is 5.35. The first-order valence-corrected chi connectivity index (χ1v) is 6.72. The van der Waals surface area contributed by atoms with Crippen molar-refractivity contribution in [2.24, 2.45) is 5.92 Å². The van der Waals surface area contributed by atoms with Crippen molar-refractivity contribution in [1.82, 2.24) is 10.2 Å². The van der Waals surface area contributed by atoms with Gasteiger partial charge in [-0.25, -0.2) is 9.59 Å². The van der Waals surface area contributed by atoms with E-state index >= 15 is 0 Å². The van der Waals surface area contributed by atoms with Crippen LogP contribution in [0.4, 0.5) is 4.79 Å². The topological polar surface area (TPSA) is 95.9 Å². The standard InChI is InChI=1S/C13H22N2O5/c1-4-7-15(8-10(16)20-3)12(19)14-13(2,11(17)18)9-5-6-9/h9H,4-8H2,1-3H3,(H,14,19)(H,17,18). The highest BCUT2D eigenvalue weighted by Crippen LogP contribution is 2.39. The summed E-state index contributed by atoms with van der Waals surface area (Å²) in [7, 11) is 1.25. The number of aliphatic carboxylic acids is 1. The van der Waals surface area contributed by atoms with E-state index in [-0.39, 0.29) is 12.5 Å². The molecule has 1 rings (SSSR count). The number of rotatable bonds is 7. The molecule has 0 bridgehead atoms. The van der Waals surface area contributed by atoms with Gasteiger partial charge < -0.3 is 20.1 Å². The van der Waals surface area contributed by atoms with Crippen LogP contribution in [0.5, 0.6) is 0 Å². The Morgan fingerprint density at radius 2 is 2.00 bits per heavy atom. The number of hydrogen-bond donors (Lipinski definition) is 2. The lowest BCUT2D eigenvalue weighted by atomic mass is 9.96. The van der Waals surface area contributed by atoms with Crippen LogP contribution in [-0.4, -0.2) is 53.7 Å². The fraction of sp³-hybridized carbons (Fsp3) is 0.769. The lowest BCUT2D eigenvalue weighted by Gasteiger charge is -2.30. The van der Waals surface area contributed by atoms with Crippen LogP contribution in [0.1, 0.15) is 33.1 Å². The van der Waals surface area contributed by atoms with Gasteiger partial charge in [0.2, 0.25) is 0 Å². The van der Waals surface area contributed by atoms with Crippen molar-refractivity contribution in [3.63, 3.8) is 0 Å². The molecule has 0 heterocycles. The summed E-state index contributed by atoms with van der Waals surface area (Å²) in [6.07, 6.45) is 2.24. The van der Waals surface area contributed by atoms with Crippen LogP contribution in [-0.2, 0) is 14.3 Å². The van der Waals surface area contributed by atoms with Gasteiger partial charge in [0.15, 0.2) is 0 Å². The lowest BCUT2D eigenvalue weighted by Crippen LogP contribution is -2.58. The van der Waals surface area contributed by atoms with Gasteiger partial charge in [-0.2, -0.15) is 0 Å². The normalized spacial score (nSPS) is 16.9. The van der Waals surface area contributed by atoms with Crippen molar-refractivity contribution < 1.29 is 24.2 Å². The first kappa shape index (κ1) is 16.3. The number of carboxylic acids is 1. The highest BCUT2D eigenvalue weighted by atomic mass is 16.5. The van der Waals surface area contributed by atoms with Crippen LogP contribution in [0.3, 0.4) is 0 Å². The Morgan fingerprint density at radius 3 is 2.40 bits per heavy atom. The molecule has 1 aliphatic rings. The summed E-state index contributed by atoms with van der Waals surface area (Å²) >= 11 is 0. The molecule has 7 heteroatoms. The first-order chi connectivity index (χ1) is 9.35. The summed E-state index contributed by atoms with van der Waals surface area (Å²) in [5.74, 6) is -1.63. The summed E-state index contributed by atoms with van der Waals surface area (Å²) in [4.78, 5) is 36.1. The van der Waals surface area contributed by atoms with Crippen LogP contribution in [0.15, 0.2) is 0 Å². The Balaban J connectivity index is 2.73. The predicted molar refractivity (Wildman–Crippen MR) is 71.2 cm³/mol. The van der Waals surface area contributed by atoms with E-state index in [1.807, 2.05) is 6.92 Å². The lowest BCUT2D eigenvalue weighted by molar-refractivity contribution is -0.144. The molecule has 1 saturated carbocycles. The number of methoxy groups -OCH3 is 1. The van der Waals surface area contributed by atoms with Crippen molar-refractivity contribution in [2.75, 3.05) is 20.2 Å².